The fourth-order valence-corrected chi connectivity index (χ4v) is 1.71. The zero-order valence-electron chi connectivity index (χ0n) is 6.92. The summed E-state index contributed by atoms with van der Waals surface area (Å²) in [6.45, 7) is 4.40. The minimum Gasteiger partial charge on any atom is -0.449 e. The molecule has 2 atom stereocenters. The van der Waals surface area contributed by atoms with Gasteiger partial charge in [0, 0.05) is 19.0 Å². The quantitative estimate of drug-likeness (QED) is 0.574. The average Bonchev–Trinajstić information content (AvgIpc) is 2.28. The fraction of sp³-hybridized carbons (Fsp3) is 0.857. The molecule has 4 nitrogen and oxygen atoms in total. The van der Waals surface area contributed by atoms with Crippen molar-refractivity contribution in [1.82, 2.24) is 10.6 Å². The second kappa shape index (κ2) is 3.11. The number of alkyl carbamates (subject to hydrolysis) is 1. The Labute approximate surface area is 77.4 Å². The third-order valence-corrected chi connectivity index (χ3v) is 2.59. The van der Waals surface area contributed by atoms with E-state index in [0.717, 1.165) is 13.1 Å². The van der Waals surface area contributed by atoms with Crippen molar-refractivity contribution < 1.29 is 9.53 Å². The highest BCUT2D eigenvalue weighted by molar-refractivity contribution is 5.85. The van der Waals surface area contributed by atoms with Gasteiger partial charge in [0.1, 0.15) is 0 Å². The van der Waals surface area contributed by atoms with Crippen molar-refractivity contribution in [2.24, 2.45) is 5.92 Å². The van der Waals surface area contributed by atoms with Crippen LogP contribution in [0.25, 0.3) is 0 Å². The van der Waals surface area contributed by atoms with Crippen molar-refractivity contribution in [3.05, 3.63) is 0 Å². The van der Waals surface area contributed by atoms with Crippen LogP contribution >= 0.6 is 12.4 Å². The molecule has 0 spiro atoms. The molecule has 0 saturated carbocycles. The first-order valence-corrected chi connectivity index (χ1v) is 3.86. The van der Waals surface area contributed by atoms with E-state index in [0.29, 0.717) is 12.5 Å². The minimum absolute atomic E-state index is 0. The number of rotatable bonds is 0. The van der Waals surface area contributed by atoms with E-state index in [4.69, 9.17) is 4.74 Å². The molecule has 12 heavy (non-hydrogen) atoms. The van der Waals surface area contributed by atoms with Gasteiger partial charge in [0.15, 0.2) is 0 Å². The monoisotopic (exact) mass is 192 g/mol. The summed E-state index contributed by atoms with van der Waals surface area (Å²) in [6.07, 6.45) is -0.285. The van der Waals surface area contributed by atoms with Crippen molar-refractivity contribution in [2.45, 2.75) is 12.5 Å². The maximum absolute atomic E-state index is 10.8. The summed E-state index contributed by atoms with van der Waals surface area (Å²) in [5.74, 6) is 0.431. The molecule has 2 aliphatic rings. The molecule has 2 unspecified atom stereocenters. The van der Waals surface area contributed by atoms with Crippen molar-refractivity contribution in [2.75, 3.05) is 19.7 Å². The van der Waals surface area contributed by atoms with Crippen molar-refractivity contribution in [3.8, 4) is 0 Å². The molecule has 70 valence electrons. The third-order valence-electron chi connectivity index (χ3n) is 2.59. The number of hydrogen-bond acceptors (Lipinski definition) is 3. The molecular formula is C7H13ClN2O2. The van der Waals surface area contributed by atoms with Crippen LogP contribution in [0.2, 0.25) is 0 Å². The fourth-order valence-electron chi connectivity index (χ4n) is 1.71. The van der Waals surface area contributed by atoms with Crippen LogP contribution in [-0.4, -0.2) is 31.3 Å². The van der Waals surface area contributed by atoms with E-state index < -0.39 is 0 Å². The molecule has 0 aromatic carbocycles. The second-order valence-corrected chi connectivity index (χ2v) is 3.47. The summed E-state index contributed by atoms with van der Waals surface area (Å²) < 4.78 is 4.87. The minimum atomic E-state index is -0.285. The van der Waals surface area contributed by atoms with Gasteiger partial charge >= 0.3 is 6.09 Å². The number of nitrogens with one attached hydrogen (secondary N) is 2. The molecule has 2 aliphatic heterocycles. The lowest BCUT2D eigenvalue weighted by atomic mass is 9.89. The van der Waals surface area contributed by atoms with E-state index in [1.807, 2.05) is 0 Å². The predicted octanol–water partition coefficient (Wildman–Crippen LogP) is 0.126. The standard InChI is InChI=1S/C7H12N2O2.ClH/c1-7-4-8-2-5(7)3-11-6(10)9-7;/h5,8H,2-4H2,1H3,(H,9,10);1H. The van der Waals surface area contributed by atoms with Gasteiger partial charge in [-0.05, 0) is 6.92 Å². The Balaban J connectivity index is 0.000000720. The lowest BCUT2D eigenvalue weighted by Gasteiger charge is -2.35. The van der Waals surface area contributed by atoms with E-state index in [-0.39, 0.29) is 24.0 Å². The summed E-state index contributed by atoms with van der Waals surface area (Å²) >= 11 is 0. The maximum atomic E-state index is 10.8. The molecule has 2 N–H and O–H groups in total. The molecule has 0 aromatic heterocycles. The number of carbonyl (C=O) groups excluding carboxylic acids is 1. The highest BCUT2D eigenvalue weighted by Crippen LogP contribution is 2.24. The van der Waals surface area contributed by atoms with Gasteiger partial charge in [-0.15, -0.1) is 12.4 Å². The van der Waals surface area contributed by atoms with E-state index >= 15 is 0 Å². The predicted molar refractivity (Wildman–Crippen MR) is 46.5 cm³/mol. The van der Waals surface area contributed by atoms with Crippen LogP contribution in [0.5, 0.6) is 0 Å². The smallest absolute Gasteiger partial charge is 0.407 e. The van der Waals surface area contributed by atoms with Crippen LogP contribution in [0.4, 0.5) is 4.79 Å². The molecule has 1 amide bonds. The van der Waals surface area contributed by atoms with Crippen LogP contribution in [0.1, 0.15) is 6.92 Å². The van der Waals surface area contributed by atoms with Gasteiger partial charge in [-0.25, -0.2) is 4.79 Å². The Morgan fingerprint density at radius 3 is 3.17 bits per heavy atom. The highest BCUT2D eigenvalue weighted by atomic mass is 35.5. The first-order chi connectivity index (χ1) is 5.21. The number of cyclic esters (lactones) is 1. The summed E-state index contributed by atoms with van der Waals surface area (Å²) in [5, 5.41) is 6.06. The summed E-state index contributed by atoms with van der Waals surface area (Å²) in [5.41, 5.74) is -0.0741. The van der Waals surface area contributed by atoms with Gasteiger partial charge in [0.05, 0.1) is 12.1 Å². The molecule has 2 heterocycles. The van der Waals surface area contributed by atoms with Gasteiger partial charge in [-0.1, -0.05) is 0 Å². The normalized spacial score (nSPS) is 39.1. The van der Waals surface area contributed by atoms with E-state index in [1.165, 1.54) is 0 Å². The SMILES string of the molecule is CC12CNCC1COC(=O)N2.Cl. The Bertz CT molecular complexity index is 200. The van der Waals surface area contributed by atoms with Gasteiger partial charge in [-0.2, -0.15) is 0 Å². The van der Waals surface area contributed by atoms with Crippen molar-refractivity contribution in [1.29, 1.82) is 0 Å². The number of carbonyl (C=O) groups is 1. The zero-order chi connectivity index (χ0) is 7.90. The second-order valence-electron chi connectivity index (χ2n) is 3.47. The van der Waals surface area contributed by atoms with E-state index in [9.17, 15) is 4.79 Å². The molecule has 5 heteroatoms. The third kappa shape index (κ3) is 1.36. The number of amides is 1. The molecule has 0 radical (unpaired) electrons. The lowest BCUT2D eigenvalue weighted by molar-refractivity contribution is 0.0686. The zero-order valence-corrected chi connectivity index (χ0v) is 7.74. The van der Waals surface area contributed by atoms with Crippen LogP contribution in [0.3, 0.4) is 0 Å². The molecule has 0 aromatic rings. The summed E-state index contributed by atoms with van der Waals surface area (Å²) in [4.78, 5) is 10.8. The van der Waals surface area contributed by atoms with Gasteiger partial charge < -0.3 is 15.4 Å². The van der Waals surface area contributed by atoms with Gasteiger partial charge in [0.25, 0.3) is 0 Å². The summed E-state index contributed by atoms with van der Waals surface area (Å²) in [7, 11) is 0. The molecular weight excluding hydrogens is 180 g/mol. The van der Waals surface area contributed by atoms with Crippen molar-refractivity contribution >= 4 is 18.5 Å². The number of halogens is 1. The number of hydrogen-bond donors (Lipinski definition) is 2. The van der Waals surface area contributed by atoms with E-state index in [1.54, 1.807) is 0 Å². The van der Waals surface area contributed by atoms with E-state index in [2.05, 4.69) is 17.6 Å². The first kappa shape index (κ1) is 9.61. The molecule has 0 bridgehead atoms. The Kier molecular flexibility index (Phi) is 2.49. The van der Waals surface area contributed by atoms with Crippen LogP contribution in [0.15, 0.2) is 0 Å². The molecule has 0 aliphatic carbocycles. The average molecular weight is 193 g/mol. The van der Waals surface area contributed by atoms with Crippen LogP contribution in [0, 0.1) is 5.92 Å². The van der Waals surface area contributed by atoms with Crippen LogP contribution < -0.4 is 10.6 Å². The molecule has 2 fully saturated rings. The number of ether oxygens (including phenoxy) is 1. The maximum Gasteiger partial charge on any atom is 0.407 e. The largest absolute Gasteiger partial charge is 0.449 e. The molecule has 2 saturated heterocycles. The highest BCUT2D eigenvalue weighted by Gasteiger charge is 2.43. The van der Waals surface area contributed by atoms with Crippen LogP contribution in [-0.2, 0) is 4.74 Å². The van der Waals surface area contributed by atoms with Gasteiger partial charge in [0.2, 0.25) is 0 Å². The summed E-state index contributed by atoms with van der Waals surface area (Å²) in [6, 6.07) is 0. The lowest BCUT2D eigenvalue weighted by Crippen LogP contribution is -2.57. The van der Waals surface area contributed by atoms with Gasteiger partial charge in [-0.3, -0.25) is 0 Å². The molecule has 2 rings (SSSR count). The van der Waals surface area contributed by atoms with Crippen molar-refractivity contribution in [3.63, 3.8) is 0 Å². The topological polar surface area (TPSA) is 50.4 Å². The Morgan fingerprint density at radius 1 is 1.67 bits per heavy atom. The Morgan fingerprint density at radius 2 is 2.42 bits per heavy atom. The first-order valence-electron chi connectivity index (χ1n) is 3.86. The number of fused-ring (bicyclic) bond motifs is 1. The Hall–Kier alpha value is -0.480.